The summed E-state index contributed by atoms with van der Waals surface area (Å²) in [6, 6.07) is 8.99. The quantitative estimate of drug-likeness (QED) is 0.660. The van der Waals surface area contributed by atoms with Gasteiger partial charge >= 0.3 is 0 Å². The maximum absolute atomic E-state index is 12.4. The number of fused-ring (bicyclic) bond motifs is 1. The third-order valence-electron chi connectivity index (χ3n) is 3.47. The summed E-state index contributed by atoms with van der Waals surface area (Å²) in [7, 11) is 0. The molecule has 3 heterocycles. The first kappa shape index (κ1) is 16.7. The molecule has 0 fully saturated rings. The molecular weight excluding hydrogens is 403 g/mol. The Morgan fingerprint density at radius 2 is 2.08 bits per heavy atom. The number of aromatic nitrogens is 1. The summed E-state index contributed by atoms with van der Waals surface area (Å²) in [4.78, 5) is 16.8. The number of nitrogens with one attached hydrogen (secondary N) is 1. The lowest BCUT2D eigenvalue weighted by molar-refractivity contribution is -0.125. The lowest BCUT2D eigenvalue weighted by Gasteiger charge is -2.25. The van der Waals surface area contributed by atoms with E-state index in [-0.39, 0.29) is 12.5 Å². The summed E-state index contributed by atoms with van der Waals surface area (Å²) in [5.74, 6) is 0.866. The third kappa shape index (κ3) is 3.46. The number of ether oxygens (including phenoxy) is 2. The first-order valence-electron chi connectivity index (χ1n) is 7.20. The van der Waals surface area contributed by atoms with Crippen molar-refractivity contribution in [3.8, 4) is 22.8 Å². The van der Waals surface area contributed by atoms with E-state index in [1.807, 2.05) is 17.5 Å². The summed E-state index contributed by atoms with van der Waals surface area (Å²) < 4.78 is 12.4. The Kier molecular flexibility index (Phi) is 4.56. The third-order valence-corrected chi connectivity index (χ3v) is 5.71. The predicted octanol–water partition coefficient (Wildman–Crippen LogP) is 4.96. The van der Waals surface area contributed by atoms with Gasteiger partial charge in [-0.15, -0.1) is 22.7 Å². The van der Waals surface area contributed by atoms with E-state index in [1.54, 1.807) is 18.2 Å². The summed E-state index contributed by atoms with van der Waals surface area (Å²) >= 11 is 14.7. The molecule has 0 saturated heterocycles. The number of thiophene rings is 1. The average Bonchev–Trinajstić information content (AvgIpc) is 3.20. The highest BCUT2D eigenvalue weighted by Crippen LogP contribution is 2.39. The van der Waals surface area contributed by atoms with Crippen molar-refractivity contribution in [3.63, 3.8) is 0 Å². The molecule has 9 heteroatoms. The van der Waals surface area contributed by atoms with Crippen LogP contribution >= 0.6 is 45.9 Å². The van der Waals surface area contributed by atoms with E-state index in [0.717, 1.165) is 5.56 Å². The van der Waals surface area contributed by atoms with Gasteiger partial charge in [0.1, 0.15) is 10.9 Å². The molecule has 0 radical (unpaired) electrons. The van der Waals surface area contributed by atoms with E-state index in [9.17, 15) is 4.79 Å². The molecule has 1 N–H and O–H groups in total. The van der Waals surface area contributed by atoms with Gasteiger partial charge in [-0.05, 0) is 18.2 Å². The molecule has 0 saturated carbocycles. The van der Waals surface area contributed by atoms with Gasteiger partial charge < -0.3 is 9.47 Å². The molecule has 1 aliphatic heterocycles. The molecule has 0 spiro atoms. The lowest BCUT2D eigenvalue weighted by atomic mass is 10.2. The molecule has 1 aromatic carbocycles. The number of rotatable bonds is 3. The summed E-state index contributed by atoms with van der Waals surface area (Å²) in [5, 5.41) is 5.02. The standard InChI is InChI=1S/C16H10Cl2N2O3S2/c17-13-5-8(14(18)25-13)9-7-24-16(19-9)20-15(21)12-6-22-10-3-1-2-4-11(10)23-12/h1-5,7,12H,6H2,(H,19,20,21)/t12-/m0/s1. The highest BCUT2D eigenvalue weighted by molar-refractivity contribution is 7.20. The Labute approximate surface area is 161 Å². The fraction of sp³-hybridized carbons (Fsp3) is 0.125. The van der Waals surface area contributed by atoms with Crippen LogP contribution in [-0.4, -0.2) is 23.6 Å². The van der Waals surface area contributed by atoms with Crippen LogP contribution in [0.3, 0.4) is 0 Å². The molecule has 1 atom stereocenters. The number of thiazole rings is 1. The highest BCUT2D eigenvalue weighted by atomic mass is 35.5. The van der Waals surface area contributed by atoms with Crippen molar-refractivity contribution in [1.82, 2.24) is 4.98 Å². The van der Waals surface area contributed by atoms with Crippen LogP contribution in [0.25, 0.3) is 11.3 Å². The van der Waals surface area contributed by atoms with Gasteiger partial charge in [-0.1, -0.05) is 35.3 Å². The Morgan fingerprint density at radius 1 is 1.28 bits per heavy atom. The Morgan fingerprint density at radius 3 is 2.84 bits per heavy atom. The van der Waals surface area contributed by atoms with Crippen LogP contribution in [0.1, 0.15) is 0 Å². The Bertz CT molecular complexity index is 941. The van der Waals surface area contributed by atoms with Crippen molar-refractivity contribution in [2.24, 2.45) is 0 Å². The molecule has 0 aliphatic carbocycles. The maximum atomic E-state index is 12.4. The van der Waals surface area contributed by atoms with Crippen LogP contribution in [0.2, 0.25) is 8.67 Å². The smallest absolute Gasteiger partial charge is 0.270 e. The minimum atomic E-state index is -0.735. The molecule has 1 aliphatic rings. The average molecular weight is 413 g/mol. The van der Waals surface area contributed by atoms with Gasteiger partial charge in [-0.2, -0.15) is 0 Å². The molecule has 5 nitrogen and oxygen atoms in total. The number of amides is 1. The Hall–Kier alpha value is -1.80. The minimum Gasteiger partial charge on any atom is -0.485 e. The summed E-state index contributed by atoms with van der Waals surface area (Å²) in [6.45, 7) is 0.146. The zero-order valence-corrected chi connectivity index (χ0v) is 15.6. The SMILES string of the molecule is O=C(Nc1nc(-c2cc(Cl)sc2Cl)cs1)[C@@H]1COc2ccccc2O1. The second-order valence-electron chi connectivity index (χ2n) is 5.13. The number of benzene rings is 1. The van der Waals surface area contributed by atoms with Crippen LogP contribution in [0.5, 0.6) is 11.5 Å². The summed E-state index contributed by atoms with van der Waals surface area (Å²) in [6.07, 6.45) is -0.735. The van der Waals surface area contributed by atoms with Crippen LogP contribution in [0.15, 0.2) is 35.7 Å². The first-order valence-corrected chi connectivity index (χ1v) is 9.65. The van der Waals surface area contributed by atoms with E-state index in [0.29, 0.717) is 31.0 Å². The number of carbonyl (C=O) groups excluding carboxylic acids is 1. The van der Waals surface area contributed by atoms with E-state index in [2.05, 4.69) is 10.3 Å². The van der Waals surface area contributed by atoms with Crippen molar-refractivity contribution in [2.45, 2.75) is 6.10 Å². The fourth-order valence-electron chi connectivity index (χ4n) is 2.30. The van der Waals surface area contributed by atoms with E-state index >= 15 is 0 Å². The van der Waals surface area contributed by atoms with Gasteiger partial charge in [0.15, 0.2) is 16.6 Å². The van der Waals surface area contributed by atoms with Crippen LogP contribution in [-0.2, 0) is 4.79 Å². The molecule has 0 bridgehead atoms. The second-order valence-corrected chi connectivity index (χ2v) is 8.27. The van der Waals surface area contributed by atoms with Gasteiger partial charge in [0, 0.05) is 10.9 Å². The van der Waals surface area contributed by atoms with Crippen molar-refractivity contribution in [2.75, 3.05) is 11.9 Å². The molecule has 2 aromatic heterocycles. The summed E-state index contributed by atoms with van der Waals surface area (Å²) in [5.41, 5.74) is 1.42. The number of anilines is 1. The van der Waals surface area contributed by atoms with Crippen molar-refractivity contribution in [1.29, 1.82) is 0 Å². The number of nitrogens with zero attached hydrogens (tertiary/aromatic N) is 1. The monoisotopic (exact) mass is 412 g/mol. The molecule has 128 valence electrons. The van der Waals surface area contributed by atoms with Gasteiger partial charge in [-0.3, -0.25) is 10.1 Å². The van der Waals surface area contributed by atoms with Crippen molar-refractivity contribution < 1.29 is 14.3 Å². The zero-order chi connectivity index (χ0) is 17.4. The normalized spacial score (nSPS) is 15.8. The van der Waals surface area contributed by atoms with Crippen molar-refractivity contribution >= 4 is 56.9 Å². The topological polar surface area (TPSA) is 60.5 Å². The largest absolute Gasteiger partial charge is 0.485 e. The van der Waals surface area contributed by atoms with Gasteiger partial charge in [-0.25, -0.2) is 4.98 Å². The minimum absolute atomic E-state index is 0.146. The molecule has 3 aromatic rings. The van der Waals surface area contributed by atoms with Crippen LogP contribution in [0, 0.1) is 0 Å². The number of carbonyl (C=O) groups is 1. The van der Waals surface area contributed by atoms with Crippen LogP contribution in [0.4, 0.5) is 5.13 Å². The Balaban J connectivity index is 1.46. The van der Waals surface area contributed by atoms with E-state index in [4.69, 9.17) is 32.7 Å². The number of hydrogen-bond acceptors (Lipinski definition) is 6. The number of para-hydroxylation sites is 2. The van der Waals surface area contributed by atoms with Crippen LogP contribution < -0.4 is 14.8 Å². The second kappa shape index (κ2) is 6.84. The maximum Gasteiger partial charge on any atom is 0.270 e. The predicted molar refractivity (Wildman–Crippen MR) is 100 cm³/mol. The first-order chi connectivity index (χ1) is 12.1. The van der Waals surface area contributed by atoms with Crippen molar-refractivity contribution in [3.05, 3.63) is 44.4 Å². The fourth-order valence-corrected chi connectivity index (χ4v) is 4.50. The van der Waals surface area contributed by atoms with E-state index in [1.165, 1.54) is 22.7 Å². The van der Waals surface area contributed by atoms with Gasteiger partial charge in [0.05, 0.1) is 10.0 Å². The number of hydrogen-bond donors (Lipinski definition) is 1. The number of halogens is 2. The molecule has 4 rings (SSSR count). The van der Waals surface area contributed by atoms with E-state index < -0.39 is 6.10 Å². The highest BCUT2D eigenvalue weighted by Gasteiger charge is 2.28. The molecule has 25 heavy (non-hydrogen) atoms. The zero-order valence-electron chi connectivity index (χ0n) is 12.5. The molecule has 1 amide bonds. The molecule has 0 unspecified atom stereocenters. The molecular formula is C16H10Cl2N2O3S2. The lowest BCUT2D eigenvalue weighted by Crippen LogP contribution is -2.40. The van der Waals surface area contributed by atoms with Gasteiger partial charge in [0.25, 0.3) is 5.91 Å². The van der Waals surface area contributed by atoms with Gasteiger partial charge in [0.2, 0.25) is 6.10 Å².